The first-order chi connectivity index (χ1) is 13.2. The number of rotatable bonds is 9. The Kier molecular flexibility index (Phi) is 7.13. The largest absolute Gasteiger partial charge is 0.484 e. The van der Waals surface area contributed by atoms with Gasteiger partial charge in [0.05, 0.1) is 4.90 Å². The highest BCUT2D eigenvalue weighted by atomic mass is 32.2. The fourth-order valence-electron chi connectivity index (χ4n) is 2.14. The Morgan fingerprint density at radius 3 is 2.18 bits per heavy atom. The van der Waals surface area contributed by atoms with Gasteiger partial charge in [0, 0.05) is 17.8 Å². The van der Waals surface area contributed by atoms with Crippen LogP contribution in [-0.4, -0.2) is 33.4 Å². The molecule has 0 spiro atoms. The van der Waals surface area contributed by atoms with Gasteiger partial charge in [0.1, 0.15) is 5.75 Å². The van der Waals surface area contributed by atoms with Crippen molar-refractivity contribution in [1.82, 2.24) is 4.72 Å². The number of amides is 2. The predicted octanol–water partition coefficient (Wildman–Crippen LogP) is 1.74. The molecule has 0 radical (unpaired) electrons. The van der Waals surface area contributed by atoms with Crippen molar-refractivity contribution >= 4 is 27.5 Å². The molecule has 0 unspecified atom stereocenters. The van der Waals surface area contributed by atoms with Gasteiger partial charge in [0.25, 0.3) is 5.91 Å². The molecule has 8 nitrogen and oxygen atoms in total. The minimum Gasteiger partial charge on any atom is -0.484 e. The molecule has 0 fully saturated rings. The van der Waals surface area contributed by atoms with Gasteiger partial charge in [-0.1, -0.05) is 13.8 Å². The van der Waals surface area contributed by atoms with Crippen molar-refractivity contribution in [2.75, 3.05) is 18.5 Å². The Balaban J connectivity index is 1.88. The number of sulfonamides is 1. The molecule has 2 amide bonds. The lowest BCUT2D eigenvalue weighted by Crippen LogP contribution is -2.27. The van der Waals surface area contributed by atoms with Crippen molar-refractivity contribution < 1.29 is 22.7 Å². The van der Waals surface area contributed by atoms with E-state index >= 15 is 0 Å². The van der Waals surface area contributed by atoms with E-state index in [9.17, 15) is 18.0 Å². The summed E-state index contributed by atoms with van der Waals surface area (Å²) in [5.74, 6) is -0.391. The molecule has 2 aromatic carbocycles. The summed E-state index contributed by atoms with van der Waals surface area (Å²) < 4.78 is 32.2. The Morgan fingerprint density at radius 2 is 1.64 bits per heavy atom. The van der Waals surface area contributed by atoms with E-state index in [-0.39, 0.29) is 17.4 Å². The quantitative estimate of drug-likeness (QED) is 0.585. The van der Waals surface area contributed by atoms with Gasteiger partial charge in [-0.3, -0.25) is 9.59 Å². The number of hydrogen-bond donors (Lipinski definition) is 3. The van der Waals surface area contributed by atoms with Gasteiger partial charge >= 0.3 is 0 Å². The van der Waals surface area contributed by atoms with E-state index in [0.29, 0.717) is 23.5 Å². The molecular formula is C19H23N3O5S. The summed E-state index contributed by atoms with van der Waals surface area (Å²) in [5.41, 5.74) is 5.99. The monoisotopic (exact) mass is 405 g/mol. The van der Waals surface area contributed by atoms with Crippen molar-refractivity contribution in [3.63, 3.8) is 0 Å². The summed E-state index contributed by atoms with van der Waals surface area (Å²) in [6.07, 6.45) is 0. The van der Waals surface area contributed by atoms with Crippen LogP contribution in [0.4, 0.5) is 5.69 Å². The van der Waals surface area contributed by atoms with Crippen molar-refractivity contribution in [2.45, 2.75) is 18.7 Å². The molecule has 0 aliphatic heterocycles. The summed E-state index contributed by atoms with van der Waals surface area (Å²) in [7, 11) is -3.57. The zero-order valence-corrected chi connectivity index (χ0v) is 16.5. The molecule has 0 heterocycles. The van der Waals surface area contributed by atoms with E-state index in [1.807, 2.05) is 13.8 Å². The molecule has 0 atom stereocenters. The van der Waals surface area contributed by atoms with Gasteiger partial charge in [-0.15, -0.1) is 0 Å². The first kappa shape index (κ1) is 21.4. The van der Waals surface area contributed by atoms with Crippen LogP contribution in [0.2, 0.25) is 0 Å². The molecule has 0 aromatic heterocycles. The van der Waals surface area contributed by atoms with Crippen molar-refractivity contribution in [2.24, 2.45) is 11.7 Å². The Morgan fingerprint density at radius 1 is 1.04 bits per heavy atom. The van der Waals surface area contributed by atoms with Crippen LogP contribution < -0.4 is 20.5 Å². The van der Waals surface area contributed by atoms with Gasteiger partial charge in [0.2, 0.25) is 15.9 Å². The molecule has 0 aliphatic rings. The van der Waals surface area contributed by atoms with Gasteiger partial charge in [-0.05, 0) is 54.4 Å². The molecule has 0 bridgehead atoms. The number of primary amides is 1. The molecule has 150 valence electrons. The smallest absolute Gasteiger partial charge is 0.262 e. The molecular weight excluding hydrogens is 382 g/mol. The SMILES string of the molecule is CC(C)CNS(=O)(=O)c1ccc(OCC(=O)Nc2ccc(C(N)=O)cc2)cc1. The summed E-state index contributed by atoms with van der Waals surface area (Å²) in [4.78, 5) is 23.1. The van der Waals surface area contributed by atoms with Crippen LogP contribution in [0.3, 0.4) is 0 Å². The minimum absolute atomic E-state index is 0.125. The van der Waals surface area contributed by atoms with E-state index in [2.05, 4.69) is 10.0 Å². The number of hydrogen-bond acceptors (Lipinski definition) is 5. The highest BCUT2D eigenvalue weighted by Gasteiger charge is 2.14. The van der Waals surface area contributed by atoms with E-state index < -0.39 is 21.8 Å². The van der Waals surface area contributed by atoms with Gasteiger partial charge in [-0.25, -0.2) is 13.1 Å². The zero-order valence-electron chi connectivity index (χ0n) is 15.6. The molecule has 0 saturated heterocycles. The number of carbonyl (C=O) groups excluding carboxylic acids is 2. The van der Waals surface area contributed by atoms with Crippen LogP contribution in [-0.2, 0) is 14.8 Å². The average molecular weight is 405 g/mol. The van der Waals surface area contributed by atoms with Gasteiger partial charge in [0.15, 0.2) is 6.61 Å². The number of carbonyl (C=O) groups is 2. The third kappa shape index (κ3) is 6.36. The Hall–Kier alpha value is -2.91. The van der Waals surface area contributed by atoms with Crippen molar-refractivity contribution in [3.05, 3.63) is 54.1 Å². The first-order valence-corrected chi connectivity index (χ1v) is 10.1. The van der Waals surface area contributed by atoms with Crippen molar-refractivity contribution in [3.8, 4) is 5.75 Å². The van der Waals surface area contributed by atoms with Crippen molar-refractivity contribution in [1.29, 1.82) is 0 Å². The molecule has 0 aliphatic carbocycles. The van der Waals surface area contributed by atoms with E-state index in [4.69, 9.17) is 10.5 Å². The van der Waals surface area contributed by atoms with E-state index in [0.717, 1.165) is 0 Å². The topological polar surface area (TPSA) is 128 Å². The third-order valence-electron chi connectivity index (χ3n) is 3.64. The Labute approximate surface area is 164 Å². The highest BCUT2D eigenvalue weighted by Crippen LogP contribution is 2.16. The number of ether oxygens (including phenoxy) is 1. The summed E-state index contributed by atoms with van der Waals surface area (Å²) in [6, 6.07) is 11.9. The van der Waals surface area contributed by atoms with E-state index in [1.165, 1.54) is 36.4 Å². The number of anilines is 1. The maximum atomic E-state index is 12.1. The first-order valence-electron chi connectivity index (χ1n) is 8.59. The normalized spacial score (nSPS) is 11.2. The average Bonchev–Trinajstić information content (AvgIpc) is 2.65. The summed E-state index contributed by atoms with van der Waals surface area (Å²) in [6.45, 7) is 3.92. The lowest BCUT2D eigenvalue weighted by Gasteiger charge is -2.10. The maximum Gasteiger partial charge on any atom is 0.262 e. The molecule has 0 saturated carbocycles. The number of benzene rings is 2. The second kappa shape index (κ2) is 9.34. The fraction of sp³-hybridized carbons (Fsp3) is 0.263. The Bertz CT molecular complexity index is 923. The van der Waals surface area contributed by atoms with Crippen LogP contribution >= 0.6 is 0 Å². The van der Waals surface area contributed by atoms with Crippen LogP contribution in [0.1, 0.15) is 24.2 Å². The highest BCUT2D eigenvalue weighted by molar-refractivity contribution is 7.89. The van der Waals surface area contributed by atoms with E-state index in [1.54, 1.807) is 12.1 Å². The molecule has 4 N–H and O–H groups in total. The predicted molar refractivity (Wildman–Crippen MR) is 106 cm³/mol. The van der Waals surface area contributed by atoms with Crippen LogP contribution in [0.15, 0.2) is 53.4 Å². The molecule has 2 aromatic rings. The minimum atomic E-state index is -3.57. The van der Waals surface area contributed by atoms with Gasteiger partial charge in [-0.2, -0.15) is 0 Å². The lowest BCUT2D eigenvalue weighted by atomic mass is 10.2. The van der Waals surface area contributed by atoms with Gasteiger partial charge < -0.3 is 15.8 Å². The summed E-state index contributed by atoms with van der Waals surface area (Å²) in [5, 5.41) is 2.62. The summed E-state index contributed by atoms with van der Waals surface area (Å²) >= 11 is 0. The van der Waals surface area contributed by atoms with Crippen LogP contribution in [0.25, 0.3) is 0 Å². The van der Waals surface area contributed by atoms with Crippen LogP contribution in [0, 0.1) is 5.92 Å². The second-order valence-corrected chi connectivity index (χ2v) is 8.26. The number of nitrogens with one attached hydrogen (secondary N) is 2. The standard InChI is InChI=1S/C19H23N3O5S/c1-13(2)11-21-28(25,26)17-9-7-16(8-10-17)27-12-18(23)22-15-5-3-14(4-6-15)19(20)24/h3-10,13,21H,11-12H2,1-2H3,(H2,20,24)(H,22,23). The fourth-order valence-corrected chi connectivity index (χ4v) is 3.35. The third-order valence-corrected chi connectivity index (χ3v) is 5.08. The number of nitrogens with two attached hydrogens (primary N) is 1. The second-order valence-electron chi connectivity index (χ2n) is 6.50. The molecule has 9 heteroatoms. The van der Waals surface area contributed by atoms with Crippen LogP contribution in [0.5, 0.6) is 5.75 Å². The lowest BCUT2D eigenvalue weighted by molar-refractivity contribution is -0.118. The zero-order chi connectivity index (χ0) is 20.7. The maximum absolute atomic E-state index is 12.1. The molecule has 28 heavy (non-hydrogen) atoms. The molecule has 2 rings (SSSR count).